The number of carbonyl (C=O) groups excluding carboxylic acids is 2. The van der Waals surface area contributed by atoms with Gasteiger partial charge in [0.25, 0.3) is 0 Å². The minimum Gasteiger partial charge on any atom is -0.344 e. The van der Waals surface area contributed by atoms with Gasteiger partial charge in [-0.25, -0.2) is 0 Å². The van der Waals surface area contributed by atoms with Gasteiger partial charge in [0.05, 0.1) is 0 Å². The first-order valence-corrected chi connectivity index (χ1v) is 7.53. The maximum atomic E-state index is 11.7. The van der Waals surface area contributed by atoms with Gasteiger partial charge in [-0.15, -0.1) is 0 Å². The molecular weight excluding hydrogens is 379 g/mol. The van der Waals surface area contributed by atoms with Gasteiger partial charge in [-0.05, 0) is 59.3 Å². The van der Waals surface area contributed by atoms with Gasteiger partial charge >= 0.3 is 11.8 Å². The lowest BCUT2D eigenvalue weighted by Crippen LogP contribution is -2.34. The van der Waals surface area contributed by atoms with Crippen LogP contribution in [0.2, 0.25) is 0 Å². The predicted octanol–water partition coefficient (Wildman–Crippen LogP) is 2.85. The van der Waals surface area contributed by atoms with E-state index in [0.717, 1.165) is 14.7 Å². The van der Waals surface area contributed by atoms with E-state index >= 15 is 0 Å². The Morgan fingerprint density at radius 3 is 2.19 bits per heavy atom. The van der Waals surface area contributed by atoms with Crippen molar-refractivity contribution < 1.29 is 9.59 Å². The Kier molecular flexibility index (Phi) is 5.32. The van der Waals surface area contributed by atoms with Crippen molar-refractivity contribution in [2.24, 2.45) is 0 Å². The average molecular weight is 394 g/mol. The van der Waals surface area contributed by atoms with Crippen molar-refractivity contribution >= 4 is 40.1 Å². The second-order valence-electron chi connectivity index (χ2n) is 4.63. The number of carbonyl (C=O) groups is 2. The Morgan fingerprint density at radius 1 is 0.952 bits per heavy atom. The molecule has 2 N–H and O–H groups in total. The molecule has 2 amide bonds. The molecule has 108 valence electrons. The Labute approximate surface area is 137 Å². The van der Waals surface area contributed by atoms with E-state index in [9.17, 15) is 9.59 Å². The molecule has 2 aromatic rings. The van der Waals surface area contributed by atoms with Crippen molar-refractivity contribution in [3.63, 3.8) is 0 Å². The van der Waals surface area contributed by atoms with Gasteiger partial charge in [-0.1, -0.05) is 29.8 Å². The zero-order chi connectivity index (χ0) is 15.2. The smallest absolute Gasteiger partial charge is 0.313 e. The van der Waals surface area contributed by atoms with Crippen LogP contribution in [0.25, 0.3) is 0 Å². The van der Waals surface area contributed by atoms with E-state index in [1.54, 1.807) is 12.1 Å². The van der Waals surface area contributed by atoms with Crippen LogP contribution in [0, 0.1) is 10.5 Å². The highest BCUT2D eigenvalue weighted by atomic mass is 127. The van der Waals surface area contributed by atoms with Crippen LogP contribution >= 0.6 is 22.6 Å². The van der Waals surface area contributed by atoms with Gasteiger partial charge in [-0.2, -0.15) is 0 Å². The summed E-state index contributed by atoms with van der Waals surface area (Å²) < 4.78 is 1.06. The van der Waals surface area contributed by atoms with Gasteiger partial charge in [0.1, 0.15) is 0 Å². The van der Waals surface area contributed by atoms with Gasteiger partial charge in [0, 0.05) is 15.8 Å². The van der Waals surface area contributed by atoms with Crippen LogP contribution in [-0.4, -0.2) is 11.8 Å². The van der Waals surface area contributed by atoms with Crippen molar-refractivity contribution in [3.8, 4) is 0 Å². The van der Waals surface area contributed by atoms with Gasteiger partial charge in [0.2, 0.25) is 0 Å². The van der Waals surface area contributed by atoms with Crippen LogP contribution in [0.5, 0.6) is 0 Å². The topological polar surface area (TPSA) is 58.2 Å². The molecule has 0 aliphatic rings. The highest BCUT2D eigenvalue weighted by Crippen LogP contribution is 2.10. The number of benzene rings is 2. The van der Waals surface area contributed by atoms with E-state index in [-0.39, 0.29) is 0 Å². The van der Waals surface area contributed by atoms with Crippen molar-refractivity contribution in [3.05, 3.63) is 63.2 Å². The Bertz CT molecular complexity index is 636. The van der Waals surface area contributed by atoms with Gasteiger partial charge in [-0.3, -0.25) is 9.59 Å². The van der Waals surface area contributed by atoms with Crippen molar-refractivity contribution in [1.29, 1.82) is 0 Å². The molecular formula is C16H15IN2O2. The third-order valence-electron chi connectivity index (χ3n) is 2.88. The molecule has 21 heavy (non-hydrogen) atoms. The average Bonchev–Trinajstić information content (AvgIpc) is 2.48. The predicted molar refractivity (Wildman–Crippen MR) is 90.8 cm³/mol. The number of anilines is 1. The molecule has 2 aromatic carbocycles. The lowest BCUT2D eigenvalue weighted by atomic mass is 10.1. The van der Waals surface area contributed by atoms with E-state index in [0.29, 0.717) is 12.2 Å². The maximum Gasteiger partial charge on any atom is 0.313 e. The summed E-state index contributed by atoms with van der Waals surface area (Å²) in [6, 6.07) is 15.0. The number of aryl methyl sites for hydroxylation is 1. The summed E-state index contributed by atoms with van der Waals surface area (Å²) in [6.45, 7) is 2.33. The Balaban J connectivity index is 1.86. The van der Waals surface area contributed by atoms with Crippen molar-refractivity contribution in [1.82, 2.24) is 5.32 Å². The third-order valence-corrected chi connectivity index (χ3v) is 3.60. The standard InChI is InChI=1S/C16H15IN2O2/c1-11-2-4-12(5-3-11)10-18-15(20)16(21)19-14-8-6-13(17)7-9-14/h2-9H,10H2,1H3,(H,18,20)(H,19,21). The molecule has 0 spiro atoms. The lowest BCUT2D eigenvalue weighted by Gasteiger charge is -2.07. The summed E-state index contributed by atoms with van der Waals surface area (Å²) in [6.07, 6.45) is 0. The molecule has 0 unspecified atom stereocenters. The lowest BCUT2D eigenvalue weighted by molar-refractivity contribution is -0.136. The van der Waals surface area contributed by atoms with E-state index in [2.05, 4.69) is 33.2 Å². The molecule has 0 saturated heterocycles. The molecule has 0 bridgehead atoms. The van der Waals surface area contributed by atoms with Crippen LogP contribution in [0.1, 0.15) is 11.1 Å². The molecule has 2 rings (SSSR count). The summed E-state index contributed by atoms with van der Waals surface area (Å²) in [5, 5.41) is 5.16. The molecule has 0 atom stereocenters. The summed E-state index contributed by atoms with van der Waals surface area (Å²) in [5.74, 6) is -1.31. The van der Waals surface area contributed by atoms with Crippen LogP contribution in [0.4, 0.5) is 5.69 Å². The first-order valence-electron chi connectivity index (χ1n) is 6.45. The van der Waals surface area contributed by atoms with E-state index in [1.807, 2.05) is 43.3 Å². The summed E-state index contributed by atoms with van der Waals surface area (Å²) in [4.78, 5) is 23.5. The minimum atomic E-state index is -0.664. The number of hydrogen-bond donors (Lipinski definition) is 2. The molecule has 0 heterocycles. The fourth-order valence-electron chi connectivity index (χ4n) is 1.69. The van der Waals surface area contributed by atoms with Gasteiger partial charge in [0.15, 0.2) is 0 Å². The zero-order valence-electron chi connectivity index (χ0n) is 11.5. The molecule has 0 radical (unpaired) electrons. The number of rotatable bonds is 3. The van der Waals surface area contributed by atoms with Crippen molar-refractivity contribution in [2.45, 2.75) is 13.5 Å². The first-order chi connectivity index (χ1) is 10.0. The molecule has 0 aromatic heterocycles. The molecule has 5 heteroatoms. The summed E-state index contributed by atoms with van der Waals surface area (Å²) in [5.41, 5.74) is 2.71. The number of hydrogen-bond acceptors (Lipinski definition) is 2. The quantitative estimate of drug-likeness (QED) is 0.622. The minimum absolute atomic E-state index is 0.333. The van der Waals surface area contributed by atoms with Crippen LogP contribution in [0.3, 0.4) is 0 Å². The normalized spacial score (nSPS) is 10.0. The first kappa shape index (κ1) is 15.5. The zero-order valence-corrected chi connectivity index (χ0v) is 13.7. The van der Waals surface area contributed by atoms with Crippen molar-refractivity contribution in [2.75, 3.05) is 5.32 Å². The number of halogens is 1. The van der Waals surface area contributed by atoms with Crippen LogP contribution in [-0.2, 0) is 16.1 Å². The highest BCUT2D eigenvalue weighted by Gasteiger charge is 2.13. The Hall–Kier alpha value is -1.89. The summed E-state index contributed by atoms with van der Waals surface area (Å²) in [7, 11) is 0. The summed E-state index contributed by atoms with van der Waals surface area (Å²) >= 11 is 2.17. The molecule has 0 aliphatic heterocycles. The Morgan fingerprint density at radius 2 is 1.57 bits per heavy atom. The van der Waals surface area contributed by atoms with E-state index in [1.165, 1.54) is 0 Å². The second kappa shape index (κ2) is 7.21. The SMILES string of the molecule is Cc1ccc(CNC(=O)C(=O)Nc2ccc(I)cc2)cc1. The van der Waals surface area contributed by atoms with Crippen LogP contribution < -0.4 is 10.6 Å². The van der Waals surface area contributed by atoms with Gasteiger partial charge < -0.3 is 10.6 Å². The molecule has 0 fully saturated rings. The number of nitrogens with one attached hydrogen (secondary N) is 2. The molecule has 0 aliphatic carbocycles. The number of amides is 2. The van der Waals surface area contributed by atoms with Crippen LogP contribution in [0.15, 0.2) is 48.5 Å². The monoisotopic (exact) mass is 394 g/mol. The fourth-order valence-corrected chi connectivity index (χ4v) is 2.05. The second-order valence-corrected chi connectivity index (χ2v) is 5.87. The molecule has 4 nitrogen and oxygen atoms in total. The van der Waals surface area contributed by atoms with E-state index in [4.69, 9.17) is 0 Å². The van der Waals surface area contributed by atoms with E-state index < -0.39 is 11.8 Å². The fraction of sp³-hybridized carbons (Fsp3) is 0.125. The third kappa shape index (κ3) is 4.86. The highest BCUT2D eigenvalue weighted by molar-refractivity contribution is 14.1. The largest absolute Gasteiger partial charge is 0.344 e. The molecule has 0 saturated carbocycles. The maximum absolute atomic E-state index is 11.7.